The molecule has 2 aromatic rings. The summed E-state index contributed by atoms with van der Waals surface area (Å²) in [6.07, 6.45) is 0. The third-order valence-corrected chi connectivity index (χ3v) is 2.63. The first-order valence-corrected chi connectivity index (χ1v) is 5.54. The number of fused-ring (bicyclic) bond motifs is 1. The fourth-order valence-electron chi connectivity index (χ4n) is 1.74. The Morgan fingerprint density at radius 1 is 1.44 bits per heavy atom. The highest BCUT2D eigenvalue weighted by Gasteiger charge is 2.12. The predicted molar refractivity (Wildman–Crippen MR) is 64.4 cm³/mol. The van der Waals surface area contributed by atoms with Crippen LogP contribution in [-0.4, -0.2) is 13.2 Å². The number of para-hydroxylation sites is 1. The molecule has 0 saturated heterocycles. The Bertz CT molecular complexity index is 476. The van der Waals surface area contributed by atoms with Crippen molar-refractivity contribution < 1.29 is 9.15 Å². The molecule has 0 aliphatic heterocycles. The quantitative estimate of drug-likeness (QED) is 0.860. The van der Waals surface area contributed by atoms with Crippen LogP contribution in [-0.2, 0) is 4.74 Å². The van der Waals surface area contributed by atoms with Crippen molar-refractivity contribution in [3.05, 3.63) is 35.6 Å². The van der Waals surface area contributed by atoms with Crippen LogP contribution in [0.3, 0.4) is 0 Å². The second kappa shape index (κ2) is 4.68. The number of rotatable bonds is 4. The molecule has 86 valence electrons. The monoisotopic (exact) mass is 219 g/mol. The number of furan rings is 1. The van der Waals surface area contributed by atoms with Gasteiger partial charge in [0.15, 0.2) is 0 Å². The van der Waals surface area contributed by atoms with Crippen LogP contribution in [0.15, 0.2) is 28.7 Å². The maximum absolute atomic E-state index is 5.98. The van der Waals surface area contributed by atoms with Crippen molar-refractivity contribution in [1.29, 1.82) is 0 Å². The van der Waals surface area contributed by atoms with E-state index in [0.29, 0.717) is 13.2 Å². The van der Waals surface area contributed by atoms with Crippen LogP contribution >= 0.6 is 0 Å². The zero-order chi connectivity index (χ0) is 11.5. The summed E-state index contributed by atoms with van der Waals surface area (Å²) >= 11 is 0. The van der Waals surface area contributed by atoms with E-state index in [-0.39, 0.29) is 6.04 Å². The Morgan fingerprint density at radius 3 is 2.94 bits per heavy atom. The molecule has 16 heavy (non-hydrogen) atoms. The molecule has 0 aliphatic carbocycles. The maximum Gasteiger partial charge on any atom is 0.137 e. The van der Waals surface area contributed by atoms with Crippen molar-refractivity contribution in [1.82, 2.24) is 0 Å². The predicted octanol–water partition coefficient (Wildman–Crippen LogP) is 2.78. The summed E-state index contributed by atoms with van der Waals surface area (Å²) in [5, 5.41) is 1.10. The summed E-state index contributed by atoms with van der Waals surface area (Å²) in [6.45, 7) is 5.15. The van der Waals surface area contributed by atoms with Gasteiger partial charge in [0.05, 0.1) is 12.6 Å². The minimum atomic E-state index is -0.188. The molecule has 3 nitrogen and oxygen atoms in total. The van der Waals surface area contributed by atoms with E-state index in [9.17, 15) is 0 Å². The van der Waals surface area contributed by atoms with Crippen molar-refractivity contribution in [3.63, 3.8) is 0 Å². The highest BCUT2D eigenvalue weighted by molar-refractivity contribution is 5.80. The molecule has 1 aromatic carbocycles. The molecule has 0 amide bonds. The zero-order valence-electron chi connectivity index (χ0n) is 9.69. The highest BCUT2D eigenvalue weighted by atomic mass is 16.5. The Labute approximate surface area is 95.2 Å². The molecule has 0 fully saturated rings. The van der Waals surface area contributed by atoms with E-state index in [1.165, 1.54) is 0 Å². The summed E-state index contributed by atoms with van der Waals surface area (Å²) in [4.78, 5) is 0. The number of hydrogen-bond acceptors (Lipinski definition) is 3. The van der Waals surface area contributed by atoms with Crippen LogP contribution in [0.25, 0.3) is 11.0 Å². The minimum Gasteiger partial charge on any atom is -0.459 e. The first-order chi connectivity index (χ1) is 7.72. The molecule has 0 bridgehead atoms. The normalized spacial score (nSPS) is 13.2. The molecule has 0 saturated carbocycles. The van der Waals surface area contributed by atoms with Gasteiger partial charge in [-0.2, -0.15) is 0 Å². The molecule has 1 atom stereocenters. The standard InChI is InChI=1S/C13H17NO2/c1-3-15-8-11(14)12-7-10-6-4-5-9(2)13(10)16-12/h4-7,11H,3,8,14H2,1-2H3. The fourth-order valence-corrected chi connectivity index (χ4v) is 1.74. The van der Waals surface area contributed by atoms with Gasteiger partial charge >= 0.3 is 0 Å². The van der Waals surface area contributed by atoms with Gasteiger partial charge in [0, 0.05) is 12.0 Å². The van der Waals surface area contributed by atoms with Gasteiger partial charge in [0.2, 0.25) is 0 Å². The summed E-state index contributed by atoms with van der Waals surface area (Å²) in [7, 11) is 0. The Kier molecular flexibility index (Phi) is 3.27. The zero-order valence-corrected chi connectivity index (χ0v) is 9.69. The van der Waals surface area contributed by atoms with E-state index in [1.807, 2.05) is 38.1 Å². The van der Waals surface area contributed by atoms with Crippen LogP contribution in [0.5, 0.6) is 0 Å². The Balaban J connectivity index is 2.29. The average Bonchev–Trinajstić information content (AvgIpc) is 2.71. The molecule has 2 rings (SSSR count). The maximum atomic E-state index is 5.98. The van der Waals surface area contributed by atoms with Gasteiger partial charge in [-0.1, -0.05) is 18.2 Å². The van der Waals surface area contributed by atoms with E-state index < -0.39 is 0 Å². The molecule has 0 spiro atoms. The molecule has 1 aromatic heterocycles. The van der Waals surface area contributed by atoms with Gasteiger partial charge in [-0.3, -0.25) is 0 Å². The largest absolute Gasteiger partial charge is 0.459 e. The molecular formula is C13H17NO2. The summed E-state index contributed by atoms with van der Waals surface area (Å²) < 4.78 is 11.0. The van der Waals surface area contributed by atoms with Gasteiger partial charge in [-0.25, -0.2) is 0 Å². The van der Waals surface area contributed by atoms with Crippen molar-refractivity contribution >= 4 is 11.0 Å². The first-order valence-electron chi connectivity index (χ1n) is 5.54. The minimum absolute atomic E-state index is 0.188. The number of ether oxygens (including phenoxy) is 1. The van der Waals surface area contributed by atoms with Crippen LogP contribution in [0.1, 0.15) is 24.3 Å². The van der Waals surface area contributed by atoms with E-state index in [4.69, 9.17) is 14.9 Å². The lowest BCUT2D eigenvalue weighted by Gasteiger charge is -2.07. The highest BCUT2D eigenvalue weighted by Crippen LogP contribution is 2.25. The SMILES string of the molecule is CCOCC(N)c1cc2cccc(C)c2o1. The van der Waals surface area contributed by atoms with Gasteiger partial charge in [-0.05, 0) is 25.5 Å². The topological polar surface area (TPSA) is 48.4 Å². The molecule has 1 unspecified atom stereocenters. The van der Waals surface area contributed by atoms with Gasteiger partial charge in [-0.15, -0.1) is 0 Å². The van der Waals surface area contributed by atoms with E-state index in [0.717, 1.165) is 22.3 Å². The van der Waals surface area contributed by atoms with Crippen molar-refractivity contribution in [2.24, 2.45) is 5.73 Å². The molecule has 2 N–H and O–H groups in total. The van der Waals surface area contributed by atoms with Crippen LogP contribution in [0.2, 0.25) is 0 Å². The lowest BCUT2D eigenvalue weighted by molar-refractivity contribution is 0.128. The van der Waals surface area contributed by atoms with Crippen LogP contribution in [0.4, 0.5) is 0 Å². The van der Waals surface area contributed by atoms with Gasteiger partial charge < -0.3 is 14.9 Å². The van der Waals surface area contributed by atoms with Crippen molar-refractivity contribution in [3.8, 4) is 0 Å². The lowest BCUT2D eigenvalue weighted by Crippen LogP contribution is -2.16. The smallest absolute Gasteiger partial charge is 0.137 e. The number of hydrogen-bond donors (Lipinski definition) is 1. The lowest BCUT2D eigenvalue weighted by atomic mass is 10.1. The number of benzene rings is 1. The molecular weight excluding hydrogens is 202 g/mol. The van der Waals surface area contributed by atoms with Crippen LogP contribution in [0, 0.1) is 6.92 Å². The summed E-state index contributed by atoms with van der Waals surface area (Å²) in [5.41, 5.74) is 8.03. The molecule has 1 heterocycles. The first kappa shape index (κ1) is 11.2. The molecule has 0 aliphatic rings. The average molecular weight is 219 g/mol. The van der Waals surface area contributed by atoms with E-state index >= 15 is 0 Å². The van der Waals surface area contributed by atoms with Crippen molar-refractivity contribution in [2.45, 2.75) is 19.9 Å². The van der Waals surface area contributed by atoms with E-state index in [1.54, 1.807) is 0 Å². The fraction of sp³-hybridized carbons (Fsp3) is 0.385. The molecule has 3 heteroatoms. The molecule has 0 radical (unpaired) electrons. The second-order valence-corrected chi connectivity index (χ2v) is 3.91. The second-order valence-electron chi connectivity index (χ2n) is 3.91. The van der Waals surface area contributed by atoms with Gasteiger partial charge in [0.25, 0.3) is 0 Å². The summed E-state index contributed by atoms with van der Waals surface area (Å²) in [6, 6.07) is 7.88. The Morgan fingerprint density at radius 2 is 2.25 bits per heavy atom. The number of nitrogens with two attached hydrogens (primary N) is 1. The van der Waals surface area contributed by atoms with Gasteiger partial charge in [0.1, 0.15) is 11.3 Å². The van der Waals surface area contributed by atoms with Crippen molar-refractivity contribution in [2.75, 3.05) is 13.2 Å². The van der Waals surface area contributed by atoms with Crippen LogP contribution < -0.4 is 5.73 Å². The third kappa shape index (κ3) is 2.10. The summed E-state index contributed by atoms with van der Waals surface area (Å²) in [5.74, 6) is 0.790. The van der Waals surface area contributed by atoms with E-state index in [2.05, 4.69) is 0 Å². The Hall–Kier alpha value is -1.32. The number of aryl methyl sites for hydroxylation is 1. The third-order valence-electron chi connectivity index (χ3n) is 2.63.